The molecule has 22 heavy (non-hydrogen) atoms. The maximum absolute atomic E-state index is 12.6. The summed E-state index contributed by atoms with van der Waals surface area (Å²) >= 11 is 0. The highest BCUT2D eigenvalue weighted by Gasteiger charge is 2.14. The molecule has 2 aromatic rings. The standard InChI is InChI=1S/C17H23N3O2/c1-4-22-12-8-11-18-13(2)16-14(3)19-20(17(16)21)15-9-6-5-7-10-15/h5-7,9-10,19H,4,8,11-12H2,1-3H3. The zero-order valence-corrected chi connectivity index (χ0v) is 13.4. The van der Waals surface area contributed by atoms with Gasteiger partial charge in [0.05, 0.1) is 11.3 Å². The van der Waals surface area contributed by atoms with Crippen LogP contribution in [0.3, 0.4) is 0 Å². The summed E-state index contributed by atoms with van der Waals surface area (Å²) in [6, 6.07) is 9.54. The average Bonchev–Trinajstić information content (AvgIpc) is 2.82. The molecule has 2 rings (SSSR count). The van der Waals surface area contributed by atoms with Crippen molar-refractivity contribution in [2.45, 2.75) is 27.2 Å². The molecule has 0 saturated carbocycles. The van der Waals surface area contributed by atoms with Crippen LogP contribution in [0.15, 0.2) is 40.1 Å². The topological polar surface area (TPSA) is 59.4 Å². The van der Waals surface area contributed by atoms with Gasteiger partial charge in [0, 0.05) is 31.2 Å². The summed E-state index contributed by atoms with van der Waals surface area (Å²) in [4.78, 5) is 17.1. The largest absolute Gasteiger partial charge is 0.382 e. The quantitative estimate of drug-likeness (QED) is 0.631. The Labute approximate surface area is 130 Å². The molecule has 1 aromatic heterocycles. The summed E-state index contributed by atoms with van der Waals surface area (Å²) in [5, 5.41) is 3.12. The number of aryl methyl sites for hydroxylation is 1. The van der Waals surface area contributed by atoms with Crippen LogP contribution >= 0.6 is 0 Å². The Morgan fingerprint density at radius 2 is 2.05 bits per heavy atom. The summed E-state index contributed by atoms with van der Waals surface area (Å²) in [5.41, 5.74) is 3.02. The third kappa shape index (κ3) is 3.74. The molecule has 0 aliphatic carbocycles. The monoisotopic (exact) mass is 301 g/mol. The molecular weight excluding hydrogens is 278 g/mol. The van der Waals surface area contributed by atoms with Crippen LogP contribution in [-0.4, -0.2) is 35.3 Å². The summed E-state index contributed by atoms with van der Waals surface area (Å²) in [5.74, 6) is 0. The number of para-hydroxylation sites is 1. The van der Waals surface area contributed by atoms with Crippen LogP contribution in [0, 0.1) is 6.92 Å². The van der Waals surface area contributed by atoms with E-state index in [1.54, 1.807) is 4.68 Å². The van der Waals surface area contributed by atoms with E-state index in [0.29, 0.717) is 18.7 Å². The van der Waals surface area contributed by atoms with E-state index < -0.39 is 0 Å². The third-order valence-electron chi connectivity index (χ3n) is 3.45. The van der Waals surface area contributed by atoms with Crippen molar-refractivity contribution < 1.29 is 4.74 Å². The first-order valence-electron chi connectivity index (χ1n) is 7.61. The molecular formula is C17H23N3O2. The Morgan fingerprint density at radius 3 is 2.73 bits per heavy atom. The molecule has 0 aliphatic rings. The molecule has 1 heterocycles. The molecule has 0 fully saturated rings. The number of aromatic nitrogens is 2. The van der Waals surface area contributed by atoms with Crippen molar-refractivity contribution in [1.82, 2.24) is 9.78 Å². The highest BCUT2D eigenvalue weighted by Crippen LogP contribution is 2.08. The van der Waals surface area contributed by atoms with Crippen LogP contribution in [-0.2, 0) is 4.74 Å². The van der Waals surface area contributed by atoms with Crippen molar-refractivity contribution in [2.24, 2.45) is 4.99 Å². The maximum atomic E-state index is 12.6. The predicted octanol–water partition coefficient (Wildman–Crippen LogP) is 2.71. The van der Waals surface area contributed by atoms with Gasteiger partial charge in [-0.3, -0.25) is 14.9 Å². The summed E-state index contributed by atoms with van der Waals surface area (Å²) < 4.78 is 6.85. The van der Waals surface area contributed by atoms with Crippen molar-refractivity contribution in [2.75, 3.05) is 19.8 Å². The number of benzene rings is 1. The number of aromatic amines is 1. The Kier molecular flexibility index (Phi) is 5.72. The number of hydrogen-bond donors (Lipinski definition) is 1. The van der Waals surface area contributed by atoms with Gasteiger partial charge in [0.15, 0.2) is 0 Å². The highest BCUT2D eigenvalue weighted by atomic mass is 16.5. The molecule has 0 aliphatic heterocycles. The van der Waals surface area contributed by atoms with Gasteiger partial charge in [-0.05, 0) is 39.3 Å². The molecule has 0 saturated heterocycles. The van der Waals surface area contributed by atoms with Crippen molar-refractivity contribution in [3.05, 3.63) is 51.9 Å². The number of rotatable bonds is 7. The number of ether oxygens (including phenoxy) is 1. The van der Waals surface area contributed by atoms with Crippen LogP contribution in [0.4, 0.5) is 0 Å². The summed E-state index contributed by atoms with van der Waals surface area (Å²) in [6.07, 6.45) is 0.863. The summed E-state index contributed by atoms with van der Waals surface area (Å²) in [6.45, 7) is 7.85. The number of nitrogens with zero attached hydrogens (tertiary/aromatic N) is 2. The Bertz CT molecular complexity index is 684. The molecule has 0 unspecified atom stereocenters. The van der Waals surface area contributed by atoms with Gasteiger partial charge in [0.25, 0.3) is 5.56 Å². The predicted molar refractivity (Wildman–Crippen MR) is 89.3 cm³/mol. The fourth-order valence-electron chi connectivity index (χ4n) is 2.37. The number of aliphatic imine (C=N–C) groups is 1. The number of H-pyrrole nitrogens is 1. The van der Waals surface area contributed by atoms with E-state index in [0.717, 1.165) is 30.1 Å². The van der Waals surface area contributed by atoms with E-state index in [1.807, 2.05) is 51.1 Å². The first-order valence-corrected chi connectivity index (χ1v) is 7.61. The maximum Gasteiger partial charge on any atom is 0.280 e. The minimum absolute atomic E-state index is 0.0604. The molecule has 118 valence electrons. The zero-order valence-electron chi connectivity index (χ0n) is 13.4. The molecule has 0 spiro atoms. The van der Waals surface area contributed by atoms with E-state index in [2.05, 4.69) is 10.1 Å². The van der Waals surface area contributed by atoms with E-state index in [-0.39, 0.29) is 5.56 Å². The van der Waals surface area contributed by atoms with Gasteiger partial charge < -0.3 is 4.74 Å². The second kappa shape index (κ2) is 7.75. The lowest BCUT2D eigenvalue weighted by Crippen LogP contribution is -2.19. The van der Waals surface area contributed by atoms with Gasteiger partial charge in [-0.1, -0.05) is 18.2 Å². The average molecular weight is 301 g/mol. The molecule has 1 N–H and O–H groups in total. The lowest BCUT2D eigenvalue weighted by Gasteiger charge is -2.00. The van der Waals surface area contributed by atoms with Crippen molar-refractivity contribution in [1.29, 1.82) is 0 Å². The molecule has 0 bridgehead atoms. The Morgan fingerprint density at radius 1 is 1.32 bits per heavy atom. The zero-order chi connectivity index (χ0) is 15.9. The minimum atomic E-state index is -0.0604. The van der Waals surface area contributed by atoms with Crippen LogP contribution < -0.4 is 5.56 Å². The molecule has 0 amide bonds. The minimum Gasteiger partial charge on any atom is -0.382 e. The smallest absolute Gasteiger partial charge is 0.280 e. The second-order valence-electron chi connectivity index (χ2n) is 5.11. The molecule has 0 radical (unpaired) electrons. The van der Waals surface area contributed by atoms with Crippen LogP contribution in [0.1, 0.15) is 31.5 Å². The third-order valence-corrected chi connectivity index (χ3v) is 3.45. The van der Waals surface area contributed by atoms with E-state index in [1.165, 1.54) is 0 Å². The first kappa shape index (κ1) is 16.2. The van der Waals surface area contributed by atoms with E-state index in [9.17, 15) is 4.79 Å². The van der Waals surface area contributed by atoms with Gasteiger partial charge in [-0.15, -0.1) is 0 Å². The number of hydrogen-bond acceptors (Lipinski definition) is 3. The molecule has 5 nitrogen and oxygen atoms in total. The van der Waals surface area contributed by atoms with Crippen molar-refractivity contribution >= 4 is 5.71 Å². The molecule has 1 aromatic carbocycles. The van der Waals surface area contributed by atoms with Gasteiger partial charge >= 0.3 is 0 Å². The van der Waals surface area contributed by atoms with E-state index >= 15 is 0 Å². The number of nitrogens with one attached hydrogen (secondary N) is 1. The fourth-order valence-corrected chi connectivity index (χ4v) is 2.37. The molecule has 0 atom stereocenters. The molecule has 5 heteroatoms. The lowest BCUT2D eigenvalue weighted by molar-refractivity contribution is 0.146. The van der Waals surface area contributed by atoms with Crippen LogP contribution in [0.2, 0.25) is 0 Å². The second-order valence-corrected chi connectivity index (χ2v) is 5.11. The first-order chi connectivity index (χ1) is 10.6. The van der Waals surface area contributed by atoms with Gasteiger partial charge in [0.1, 0.15) is 0 Å². The summed E-state index contributed by atoms with van der Waals surface area (Å²) in [7, 11) is 0. The van der Waals surface area contributed by atoms with Gasteiger partial charge in [-0.2, -0.15) is 0 Å². The van der Waals surface area contributed by atoms with Crippen molar-refractivity contribution in [3.63, 3.8) is 0 Å². The van der Waals surface area contributed by atoms with Gasteiger partial charge in [0.2, 0.25) is 0 Å². The Balaban J connectivity index is 2.20. The lowest BCUT2D eigenvalue weighted by atomic mass is 10.2. The van der Waals surface area contributed by atoms with Gasteiger partial charge in [-0.25, -0.2) is 4.68 Å². The van der Waals surface area contributed by atoms with E-state index in [4.69, 9.17) is 4.74 Å². The van der Waals surface area contributed by atoms with Crippen LogP contribution in [0.25, 0.3) is 5.69 Å². The Hall–Kier alpha value is -2.14. The van der Waals surface area contributed by atoms with Crippen LogP contribution in [0.5, 0.6) is 0 Å². The SMILES string of the molecule is CCOCCCN=C(C)c1c(C)[nH]n(-c2ccccc2)c1=O. The normalized spacial score (nSPS) is 11.9. The van der Waals surface area contributed by atoms with Crippen molar-refractivity contribution in [3.8, 4) is 5.69 Å². The fraction of sp³-hybridized carbons (Fsp3) is 0.412. The highest BCUT2D eigenvalue weighted by molar-refractivity contribution is 5.99.